The summed E-state index contributed by atoms with van der Waals surface area (Å²) in [4.78, 5) is 0. The summed E-state index contributed by atoms with van der Waals surface area (Å²) < 4.78 is 10.4. The fourth-order valence-corrected chi connectivity index (χ4v) is 1.43. The van der Waals surface area contributed by atoms with E-state index < -0.39 is 0 Å². The van der Waals surface area contributed by atoms with Crippen LogP contribution in [-0.2, 0) is 0 Å². The maximum absolute atomic E-state index is 5.98. The highest BCUT2D eigenvalue weighted by Crippen LogP contribution is 2.29. The van der Waals surface area contributed by atoms with Crippen molar-refractivity contribution in [2.45, 2.75) is 12.5 Å². The van der Waals surface area contributed by atoms with Crippen LogP contribution in [0.1, 0.15) is 18.0 Å². The van der Waals surface area contributed by atoms with Crippen LogP contribution in [0.25, 0.3) is 0 Å². The summed E-state index contributed by atoms with van der Waals surface area (Å²) in [7, 11) is 3.25. The number of nitrogens with two attached hydrogens (primary N) is 1. The quantitative estimate of drug-likeness (QED) is 0.753. The summed E-state index contributed by atoms with van der Waals surface area (Å²) in [6.07, 6.45) is 2.52. The van der Waals surface area contributed by atoms with Crippen molar-refractivity contribution in [3.8, 4) is 11.5 Å². The van der Waals surface area contributed by atoms with E-state index in [-0.39, 0.29) is 6.04 Å². The van der Waals surface area contributed by atoms with E-state index in [1.807, 2.05) is 18.2 Å². The van der Waals surface area contributed by atoms with E-state index in [1.165, 1.54) is 0 Å². The third kappa shape index (κ3) is 2.73. The molecule has 0 spiro atoms. The Morgan fingerprint density at radius 1 is 1.40 bits per heavy atom. The Bertz CT molecular complexity index is 336. The van der Waals surface area contributed by atoms with Gasteiger partial charge in [-0.1, -0.05) is 12.1 Å². The van der Waals surface area contributed by atoms with Crippen molar-refractivity contribution in [2.24, 2.45) is 5.73 Å². The number of hydrogen-bond donors (Lipinski definition) is 1. The van der Waals surface area contributed by atoms with E-state index in [9.17, 15) is 0 Å². The molecule has 3 nitrogen and oxygen atoms in total. The predicted molar refractivity (Wildman–Crippen MR) is 61.3 cm³/mol. The molecular weight excluding hydrogens is 190 g/mol. The van der Waals surface area contributed by atoms with Crippen LogP contribution < -0.4 is 15.2 Å². The zero-order chi connectivity index (χ0) is 11.3. The summed E-state index contributed by atoms with van der Waals surface area (Å²) in [6.45, 7) is 3.67. The molecule has 0 bridgehead atoms. The smallest absolute Gasteiger partial charge is 0.127 e. The topological polar surface area (TPSA) is 44.5 Å². The predicted octanol–water partition coefficient (Wildman–Crippen LogP) is 2.28. The van der Waals surface area contributed by atoms with Gasteiger partial charge in [0.25, 0.3) is 0 Å². The first-order valence-corrected chi connectivity index (χ1v) is 4.81. The molecule has 15 heavy (non-hydrogen) atoms. The second kappa shape index (κ2) is 5.41. The Labute approximate surface area is 90.5 Å². The van der Waals surface area contributed by atoms with E-state index in [0.29, 0.717) is 0 Å². The molecule has 0 amide bonds. The largest absolute Gasteiger partial charge is 0.497 e. The van der Waals surface area contributed by atoms with Gasteiger partial charge in [0.15, 0.2) is 0 Å². The molecule has 1 rings (SSSR count). The average Bonchev–Trinajstić information content (AvgIpc) is 2.28. The van der Waals surface area contributed by atoms with Crippen molar-refractivity contribution in [1.82, 2.24) is 0 Å². The molecule has 0 aliphatic carbocycles. The van der Waals surface area contributed by atoms with Crippen molar-refractivity contribution in [3.63, 3.8) is 0 Å². The molecule has 1 aromatic carbocycles. The van der Waals surface area contributed by atoms with Crippen LogP contribution >= 0.6 is 0 Å². The third-order valence-electron chi connectivity index (χ3n) is 2.26. The lowest BCUT2D eigenvalue weighted by atomic mass is 10.0. The maximum Gasteiger partial charge on any atom is 0.127 e. The van der Waals surface area contributed by atoms with Gasteiger partial charge >= 0.3 is 0 Å². The van der Waals surface area contributed by atoms with Crippen LogP contribution in [0.4, 0.5) is 0 Å². The van der Waals surface area contributed by atoms with Crippen molar-refractivity contribution < 1.29 is 9.47 Å². The molecule has 0 fully saturated rings. The van der Waals surface area contributed by atoms with E-state index in [0.717, 1.165) is 23.5 Å². The molecular formula is C12H17NO2. The average molecular weight is 207 g/mol. The minimum absolute atomic E-state index is 0.0802. The zero-order valence-corrected chi connectivity index (χ0v) is 9.19. The number of benzene rings is 1. The van der Waals surface area contributed by atoms with Gasteiger partial charge in [-0.25, -0.2) is 0 Å². The summed E-state index contributed by atoms with van der Waals surface area (Å²) >= 11 is 0. The highest BCUT2D eigenvalue weighted by molar-refractivity contribution is 5.42. The molecule has 0 aromatic heterocycles. The normalized spacial score (nSPS) is 11.9. The second-order valence-corrected chi connectivity index (χ2v) is 3.24. The minimum atomic E-state index is -0.0802. The fraction of sp³-hybridized carbons (Fsp3) is 0.333. The van der Waals surface area contributed by atoms with Crippen LogP contribution in [0.2, 0.25) is 0 Å². The molecule has 1 aromatic rings. The molecule has 0 heterocycles. The van der Waals surface area contributed by atoms with Crippen molar-refractivity contribution in [3.05, 3.63) is 36.4 Å². The standard InChI is InChI=1S/C12H17NO2/c1-4-5-11(13)10-7-6-9(14-2)8-12(10)15-3/h4,6-8,11H,1,5,13H2,2-3H3/t11-/m0/s1. The number of ether oxygens (including phenoxy) is 2. The van der Waals surface area contributed by atoms with Crippen LogP contribution in [0.15, 0.2) is 30.9 Å². The lowest BCUT2D eigenvalue weighted by Gasteiger charge is -2.15. The molecule has 0 saturated carbocycles. The molecule has 3 heteroatoms. The van der Waals surface area contributed by atoms with Gasteiger partial charge < -0.3 is 15.2 Å². The van der Waals surface area contributed by atoms with Gasteiger partial charge in [0, 0.05) is 17.7 Å². The van der Waals surface area contributed by atoms with Gasteiger partial charge in [0.05, 0.1) is 14.2 Å². The molecule has 1 atom stereocenters. The summed E-state index contributed by atoms with van der Waals surface area (Å²) in [5.41, 5.74) is 6.95. The Morgan fingerprint density at radius 3 is 2.67 bits per heavy atom. The Balaban J connectivity index is 3.01. The lowest BCUT2D eigenvalue weighted by Crippen LogP contribution is -2.10. The first-order valence-electron chi connectivity index (χ1n) is 4.81. The van der Waals surface area contributed by atoms with Gasteiger partial charge in [-0.15, -0.1) is 6.58 Å². The highest BCUT2D eigenvalue weighted by atomic mass is 16.5. The fourth-order valence-electron chi connectivity index (χ4n) is 1.43. The van der Waals surface area contributed by atoms with Gasteiger partial charge in [-0.2, -0.15) is 0 Å². The Hall–Kier alpha value is -1.48. The second-order valence-electron chi connectivity index (χ2n) is 3.24. The number of methoxy groups -OCH3 is 2. The number of hydrogen-bond acceptors (Lipinski definition) is 3. The molecule has 0 unspecified atom stereocenters. The van der Waals surface area contributed by atoms with Crippen LogP contribution in [-0.4, -0.2) is 14.2 Å². The zero-order valence-electron chi connectivity index (χ0n) is 9.19. The molecule has 2 N–H and O–H groups in total. The van der Waals surface area contributed by atoms with E-state index in [2.05, 4.69) is 6.58 Å². The first kappa shape index (κ1) is 11.6. The summed E-state index contributed by atoms with van der Waals surface area (Å²) in [5, 5.41) is 0. The number of rotatable bonds is 5. The molecule has 0 aliphatic heterocycles. The molecule has 82 valence electrons. The summed E-state index contributed by atoms with van der Waals surface area (Å²) in [6, 6.07) is 5.55. The van der Waals surface area contributed by atoms with Gasteiger partial charge in [0.2, 0.25) is 0 Å². The van der Waals surface area contributed by atoms with Crippen LogP contribution in [0, 0.1) is 0 Å². The van der Waals surface area contributed by atoms with E-state index in [1.54, 1.807) is 20.3 Å². The third-order valence-corrected chi connectivity index (χ3v) is 2.26. The van der Waals surface area contributed by atoms with E-state index in [4.69, 9.17) is 15.2 Å². The Morgan fingerprint density at radius 2 is 2.13 bits per heavy atom. The lowest BCUT2D eigenvalue weighted by molar-refractivity contribution is 0.388. The minimum Gasteiger partial charge on any atom is -0.497 e. The van der Waals surface area contributed by atoms with E-state index >= 15 is 0 Å². The van der Waals surface area contributed by atoms with Crippen molar-refractivity contribution in [2.75, 3.05) is 14.2 Å². The van der Waals surface area contributed by atoms with Crippen molar-refractivity contribution in [1.29, 1.82) is 0 Å². The molecule has 0 radical (unpaired) electrons. The Kier molecular flexibility index (Phi) is 4.18. The highest BCUT2D eigenvalue weighted by Gasteiger charge is 2.11. The van der Waals surface area contributed by atoms with Gasteiger partial charge in [-0.3, -0.25) is 0 Å². The first-order chi connectivity index (χ1) is 7.22. The van der Waals surface area contributed by atoms with Crippen molar-refractivity contribution >= 4 is 0 Å². The van der Waals surface area contributed by atoms with Crippen LogP contribution in [0.3, 0.4) is 0 Å². The molecule has 0 saturated heterocycles. The SMILES string of the molecule is C=CC[C@H](N)c1ccc(OC)cc1OC. The van der Waals surface area contributed by atoms with Gasteiger partial charge in [0.1, 0.15) is 11.5 Å². The maximum atomic E-state index is 5.98. The monoisotopic (exact) mass is 207 g/mol. The molecule has 0 aliphatic rings. The van der Waals surface area contributed by atoms with Crippen LogP contribution in [0.5, 0.6) is 11.5 Å². The summed E-state index contributed by atoms with van der Waals surface area (Å²) in [5.74, 6) is 1.52. The van der Waals surface area contributed by atoms with Gasteiger partial charge in [-0.05, 0) is 12.5 Å².